The van der Waals surface area contributed by atoms with E-state index in [4.69, 9.17) is 5.73 Å². The molecule has 0 radical (unpaired) electrons. The van der Waals surface area contributed by atoms with Crippen LogP contribution in [-0.2, 0) is 11.2 Å². The first kappa shape index (κ1) is 15.1. The van der Waals surface area contributed by atoms with Crippen LogP contribution < -0.4 is 11.1 Å². The number of hydrogen-bond acceptors (Lipinski definition) is 2. The fourth-order valence-electron chi connectivity index (χ4n) is 2.36. The molecule has 3 nitrogen and oxygen atoms in total. The Morgan fingerprint density at radius 2 is 1.76 bits per heavy atom. The maximum Gasteiger partial charge on any atom is 0.224 e. The Hall–Kier alpha value is -2.29. The van der Waals surface area contributed by atoms with Crippen molar-refractivity contribution in [1.29, 1.82) is 0 Å². The van der Waals surface area contributed by atoms with Crippen LogP contribution in [0.3, 0.4) is 0 Å². The van der Waals surface area contributed by atoms with Crippen LogP contribution in [0.4, 0.5) is 11.4 Å². The lowest BCUT2D eigenvalue weighted by Gasteiger charge is -2.11. The molecule has 0 saturated carbocycles. The van der Waals surface area contributed by atoms with Crippen LogP contribution in [0.2, 0.25) is 0 Å². The van der Waals surface area contributed by atoms with Crippen LogP contribution in [0.25, 0.3) is 0 Å². The molecule has 2 rings (SSSR count). The van der Waals surface area contributed by atoms with Crippen molar-refractivity contribution in [2.75, 3.05) is 11.1 Å². The SMILES string of the molecule is Cc1cc(C)c(NC(=O)CCc2ccccc2C)cc1N. The molecule has 0 aromatic heterocycles. The molecule has 3 heteroatoms. The highest BCUT2D eigenvalue weighted by atomic mass is 16.1. The van der Waals surface area contributed by atoms with E-state index in [0.29, 0.717) is 12.1 Å². The van der Waals surface area contributed by atoms with Crippen molar-refractivity contribution in [2.24, 2.45) is 0 Å². The van der Waals surface area contributed by atoms with Crippen LogP contribution in [0.5, 0.6) is 0 Å². The van der Waals surface area contributed by atoms with Gasteiger partial charge in [0.25, 0.3) is 0 Å². The molecule has 0 unspecified atom stereocenters. The summed E-state index contributed by atoms with van der Waals surface area (Å²) in [5, 5.41) is 2.95. The second-order valence-corrected chi connectivity index (χ2v) is 5.50. The van der Waals surface area contributed by atoms with E-state index in [9.17, 15) is 4.79 Å². The smallest absolute Gasteiger partial charge is 0.224 e. The number of benzene rings is 2. The van der Waals surface area contributed by atoms with Crippen molar-refractivity contribution in [3.63, 3.8) is 0 Å². The number of hydrogen-bond donors (Lipinski definition) is 2. The van der Waals surface area contributed by atoms with Gasteiger partial charge in [-0.15, -0.1) is 0 Å². The van der Waals surface area contributed by atoms with Gasteiger partial charge in [-0.3, -0.25) is 4.79 Å². The number of carbonyl (C=O) groups is 1. The van der Waals surface area contributed by atoms with Crippen molar-refractivity contribution in [3.8, 4) is 0 Å². The van der Waals surface area contributed by atoms with E-state index < -0.39 is 0 Å². The molecule has 0 bridgehead atoms. The van der Waals surface area contributed by atoms with Crippen molar-refractivity contribution in [1.82, 2.24) is 0 Å². The van der Waals surface area contributed by atoms with Crippen molar-refractivity contribution in [2.45, 2.75) is 33.6 Å². The second kappa shape index (κ2) is 6.44. The molecule has 1 amide bonds. The summed E-state index contributed by atoms with van der Waals surface area (Å²) in [6, 6.07) is 12.0. The Balaban J connectivity index is 1.99. The highest BCUT2D eigenvalue weighted by Crippen LogP contribution is 2.22. The van der Waals surface area contributed by atoms with Crippen LogP contribution in [0.15, 0.2) is 36.4 Å². The van der Waals surface area contributed by atoms with Gasteiger partial charge in [0.2, 0.25) is 5.91 Å². The number of nitrogens with two attached hydrogens (primary N) is 1. The predicted octanol–water partition coefficient (Wildman–Crippen LogP) is 3.77. The number of anilines is 2. The molecule has 0 atom stereocenters. The van der Waals surface area contributed by atoms with Crippen LogP contribution >= 0.6 is 0 Å². The van der Waals surface area contributed by atoms with Gasteiger partial charge >= 0.3 is 0 Å². The second-order valence-electron chi connectivity index (χ2n) is 5.50. The molecular formula is C18H22N2O. The van der Waals surface area contributed by atoms with E-state index >= 15 is 0 Å². The molecule has 0 aliphatic heterocycles. The lowest BCUT2D eigenvalue weighted by atomic mass is 10.0. The van der Waals surface area contributed by atoms with Crippen LogP contribution in [-0.4, -0.2) is 5.91 Å². The summed E-state index contributed by atoms with van der Waals surface area (Å²) in [4.78, 5) is 12.1. The van der Waals surface area contributed by atoms with Gasteiger partial charge in [-0.25, -0.2) is 0 Å². The summed E-state index contributed by atoms with van der Waals surface area (Å²) in [5.41, 5.74) is 11.9. The first-order valence-electron chi connectivity index (χ1n) is 7.18. The Morgan fingerprint density at radius 3 is 2.48 bits per heavy atom. The molecule has 0 aliphatic carbocycles. The molecular weight excluding hydrogens is 260 g/mol. The average Bonchev–Trinajstić information content (AvgIpc) is 2.44. The summed E-state index contributed by atoms with van der Waals surface area (Å²) in [5.74, 6) is 0.0182. The highest BCUT2D eigenvalue weighted by molar-refractivity contribution is 5.92. The minimum atomic E-state index is 0.0182. The Bertz CT molecular complexity index is 662. The maximum absolute atomic E-state index is 12.1. The minimum Gasteiger partial charge on any atom is -0.398 e. The number of rotatable bonds is 4. The summed E-state index contributed by atoms with van der Waals surface area (Å²) in [6.07, 6.45) is 1.22. The van der Waals surface area contributed by atoms with Crippen molar-refractivity contribution >= 4 is 17.3 Å². The van der Waals surface area contributed by atoms with Gasteiger partial charge in [0.05, 0.1) is 0 Å². The summed E-state index contributed by atoms with van der Waals surface area (Å²) in [6.45, 7) is 6.01. The van der Waals surface area contributed by atoms with E-state index in [1.165, 1.54) is 11.1 Å². The normalized spacial score (nSPS) is 10.4. The van der Waals surface area contributed by atoms with Crippen molar-refractivity contribution < 1.29 is 4.79 Å². The largest absolute Gasteiger partial charge is 0.398 e. The Kier molecular flexibility index (Phi) is 4.63. The molecule has 2 aromatic carbocycles. The van der Waals surface area contributed by atoms with Crippen molar-refractivity contribution in [3.05, 3.63) is 58.7 Å². The topological polar surface area (TPSA) is 55.1 Å². The van der Waals surface area contributed by atoms with E-state index in [0.717, 1.165) is 23.2 Å². The van der Waals surface area contributed by atoms with E-state index in [2.05, 4.69) is 24.4 Å². The van der Waals surface area contributed by atoms with Gasteiger partial charge in [-0.05, 0) is 55.5 Å². The van der Waals surface area contributed by atoms with Gasteiger partial charge in [0, 0.05) is 17.8 Å². The minimum absolute atomic E-state index is 0.0182. The van der Waals surface area contributed by atoms with Gasteiger partial charge in [-0.1, -0.05) is 30.3 Å². The molecule has 0 spiro atoms. The number of amides is 1. The molecule has 0 aliphatic rings. The van der Waals surface area contributed by atoms with E-state index in [1.807, 2.05) is 38.1 Å². The molecule has 3 N–H and O–H groups in total. The molecule has 0 fully saturated rings. The van der Waals surface area contributed by atoms with Crippen LogP contribution in [0, 0.1) is 20.8 Å². The van der Waals surface area contributed by atoms with Gasteiger partial charge < -0.3 is 11.1 Å². The number of nitrogens with one attached hydrogen (secondary N) is 1. The van der Waals surface area contributed by atoms with E-state index in [-0.39, 0.29) is 5.91 Å². The van der Waals surface area contributed by atoms with Gasteiger partial charge in [0.1, 0.15) is 0 Å². The zero-order chi connectivity index (χ0) is 15.4. The third kappa shape index (κ3) is 3.85. The summed E-state index contributed by atoms with van der Waals surface area (Å²) >= 11 is 0. The summed E-state index contributed by atoms with van der Waals surface area (Å²) in [7, 11) is 0. The van der Waals surface area contributed by atoms with Gasteiger partial charge in [-0.2, -0.15) is 0 Å². The molecule has 0 saturated heterocycles. The number of aryl methyl sites for hydroxylation is 4. The zero-order valence-electron chi connectivity index (χ0n) is 12.9. The first-order valence-corrected chi connectivity index (χ1v) is 7.18. The molecule has 110 valence electrons. The van der Waals surface area contributed by atoms with E-state index in [1.54, 1.807) is 0 Å². The first-order chi connectivity index (χ1) is 9.97. The molecule has 2 aromatic rings. The maximum atomic E-state index is 12.1. The average molecular weight is 282 g/mol. The fraction of sp³-hybridized carbons (Fsp3) is 0.278. The fourth-order valence-corrected chi connectivity index (χ4v) is 2.36. The molecule has 0 heterocycles. The Labute approximate surface area is 126 Å². The lowest BCUT2D eigenvalue weighted by Crippen LogP contribution is -2.14. The van der Waals surface area contributed by atoms with Gasteiger partial charge in [0.15, 0.2) is 0 Å². The quantitative estimate of drug-likeness (QED) is 0.839. The third-order valence-electron chi connectivity index (χ3n) is 3.77. The highest BCUT2D eigenvalue weighted by Gasteiger charge is 2.08. The monoisotopic (exact) mass is 282 g/mol. The standard InChI is InChI=1S/C18H22N2O/c1-12-6-4-5-7-15(12)8-9-18(21)20-17-11-16(19)13(2)10-14(17)3/h4-7,10-11H,8-9,19H2,1-3H3,(H,20,21). The third-order valence-corrected chi connectivity index (χ3v) is 3.77. The summed E-state index contributed by atoms with van der Waals surface area (Å²) < 4.78 is 0. The zero-order valence-corrected chi connectivity index (χ0v) is 12.9. The Morgan fingerprint density at radius 1 is 1.05 bits per heavy atom. The van der Waals surface area contributed by atoms with Crippen LogP contribution in [0.1, 0.15) is 28.7 Å². The molecule has 21 heavy (non-hydrogen) atoms. The number of carbonyl (C=O) groups excluding carboxylic acids is 1. The lowest BCUT2D eigenvalue weighted by molar-refractivity contribution is -0.116. The predicted molar refractivity (Wildman–Crippen MR) is 88.5 cm³/mol. The number of nitrogen functional groups attached to an aromatic ring is 1.